The van der Waals surface area contributed by atoms with Crippen molar-refractivity contribution in [2.45, 2.75) is 46.6 Å². The number of nitrogens with zero attached hydrogens (tertiary/aromatic N) is 2. The Morgan fingerprint density at radius 1 is 1.13 bits per heavy atom. The number of fused-ring (bicyclic) bond motifs is 1. The van der Waals surface area contributed by atoms with Gasteiger partial charge in [0, 0.05) is 23.5 Å². The molecule has 0 bridgehead atoms. The molecule has 0 aliphatic heterocycles. The molecule has 0 unspecified atom stereocenters. The average molecular weight is 425 g/mol. The first-order valence-corrected chi connectivity index (χ1v) is 10.4. The summed E-state index contributed by atoms with van der Waals surface area (Å²) in [5.74, 6) is -0.129. The maximum absolute atomic E-state index is 13.2. The molecule has 30 heavy (non-hydrogen) atoms. The molecule has 2 aromatic carbocycles. The molecule has 3 aromatic rings. The summed E-state index contributed by atoms with van der Waals surface area (Å²) >= 11 is 0. The van der Waals surface area contributed by atoms with E-state index in [2.05, 4.69) is 49.6 Å². The van der Waals surface area contributed by atoms with Gasteiger partial charge in [0.2, 0.25) is 0 Å². The number of amides is 1. The summed E-state index contributed by atoms with van der Waals surface area (Å²) in [6, 6.07) is 14.3. The molecule has 0 spiro atoms. The quantitative estimate of drug-likeness (QED) is 0.599. The van der Waals surface area contributed by atoms with Crippen LogP contribution in [0.4, 0.5) is 5.69 Å². The van der Waals surface area contributed by atoms with Crippen LogP contribution in [0.3, 0.4) is 0 Å². The van der Waals surface area contributed by atoms with E-state index >= 15 is 0 Å². The van der Waals surface area contributed by atoms with Crippen LogP contribution in [0, 0.1) is 13.8 Å². The number of nitrogens with one attached hydrogen (secondary N) is 2. The summed E-state index contributed by atoms with van der Waals surface area (Å²) in [6.07, 6.45) is 2.93. The van der Waals surface area contributed by atoms with E-state index in [0.29, 0.717) is 5.69 Å². The fourth-order valence-electron chi connectivity index (χ4n) is 4.10. The Hall–Kier alpha value is -2.63. The van der Waals surface area contributed by atoms with Crippen LogP contribution < -0.4 is 10.6 Å². The molecule has 0 radical (unpaired) electrons. The van der Waals surface area contributed by atoms with E-state index in [1.165, 1.54) is 16.8 Å². The number of aryl methyl sites for hydroxylation is 2. The Balaban J connectivity index is 0.00000256. The second-order valence-corrected chi connectivity index (χ2v) is 7.72. The SMILES string of the molecule is CCNCc1ccccc1NC(=O)c1nn(-c2ccc(C)cc2C)c2c1CCC2.Cl. The van der Waals surface area contributed by atoms with Crippen molar-refractivity contribution < 1.29 is 4.79 Å². The third-order valence-electron chi connectivity index (χ3n) is 5.56. The lowest BCUT2D eigenvalue weighted by Gasteiger charge is -2.11. The number of rotatable bonds is 6. The first-order chi connectivity index (χ1) is 14.1. The fourth-order valence-corrected chi connectivity index (χ4v) is 4.10. The average Bonchev–Trinajstić information content (AvgIpc) is 3.30. The van der Waals surface area contributed by atoms with Crippen LogP contribution in [-0.2, 0) is 19.4 Å². The molecule has 6 heteroatoms. The van der Waals surface area contributed by atoms with Gasteiger partial charge in [-0.25, -0.2) is 4.68 Å². The van der Waals surface area contributed by atoms with E-state index in [-0.39, 0.29) is 18.3 Å². The lowest BCUT2D eigenvalue weighted by atomic mass is 10.1. The van der Waals surface area contributed by atoms with Gasteiger partial charge in [-0.3, -0.25) is 4.79 Å². The third kappa shape index (κ3) is 4.27. The summed E-state index contributed by atoms with van der Waals surface area (Å²) in [6.45, 7) is 7.87. The highest BCUT2D eigenvalue weighted by atomic mass is 35.5. The van der Waals surface area contributed by atoms with Crippen molar-refractivity contribution >= 4 is 24.0 Å². The van der Waals surface area contributed by atoms with Crippen LogP contribution in [0.1, 0.15) is 51.8 Å². The molecule has 5 nitrogen and oxygen atoms in total. The zero-order valence-electron chi connectivity index (χ0n) is 17.8. The van der Waals surface area contributed by atoms with Crippen molar-refractivity contribution in [2.24, 2.45) is 0 Å². The number of halogens is 1. The van der Waals surface area contributed by atoms with Gasteiger partial charge < -0.3 is 10.6 Å². The second kappa shape index (κ2) is 9.45. The van der Waals surface area contributed by atoms with Gasteiger partial charge in [0.15, 0.2) is 5.69 Å². The van der Waals surface area contributed by atoms with Gasteiger partial charge in [0.1, 0.15) is 0 Å². The molecular weight excluding hydrogens is 396 g/mol. The van der Waals surface area contributed by atoms with Crippen molar-refractivity contribution in [1.82, 2.24) is 15.1 Å². The summed E-state index contributed by atoms with van der Waals surface area (Å²) in [4.78, 5) is 13.2. The molecule has 1 amide bonds. The number of para-hydroxylation sites is 1. The van der Waals surface area contributed by atoms with Crippen molar-refractivity contribution in [3.63, 3.8) is 0 Å². The molecule has 0 saturated carbocycles. The molecule has 2 N–H and O–H groups in total. The first-order valence-electron chi connectivity index (χ1n) is 10.4. The molecule has 1 aliphatic rings. The summed E-state index contributed by atoms with van der Waals surface area (Å²) < 4.78 is 1.98. The zero-order valence-corrected chi connectivity index (χ0v) is 18.6. The highest BCUT2D eigenvalue weighted by Crippen LogP contribution is 2.30. The summed E-state index contributed by atoms with van der Waals surface area (Å²) in [7, 11) is 0. The number of hydrogen-bond acceptors (Lipinski definition) is 3. The van der Waals surface area contributed by atoms with Crippen molar-refractivity contribution in [1.29, 1.82) is 0 Å². The predicted octanol–water partition coefficient (Wildman–Crippen LogP) is 4.76. The van der Waals surface area contributed by atoms with E-state index in [1.54, 1.807) is 0 Å². The highest BCUT2D eigenvalue weighted by molar-refractivity contribution is 6.04. The second-order valence-electron chi connectivity index (χ2n) is 7.72. The molecule has 1 heterocycles. The van der Waals surface area contributed by atoms with E-state index in [9.17, 15) is 4.79 Å². The van der Waals surface area contributed by atoms with Crippen molar-refractivity contribution in [3.8, 4) is 5.69 Å². The number of benzene rings is 2. The van der Waals surface area contributed by atoms with E-state index in [4.69, 9.17) is 5.10 Å². The topological polar surface area (TPSA) is 58.9 Å². The minimum Gasteiger partial charge on any atom is -0.320 e. The monoisotopic (exact) mass is 424 g/mol. The number of hydrogen-bond donors (Lipinski definition) is 2. The Morgan fingerprint density at radius 2 is 1.93 bits per heavy atom. The molecule has 0 saturated heterocycles. The number of carbonyl (C=O) groups excluding carboxylic acids is 1. The van der Waals surface area contributed by atoms with E-state index in [1.807, 2.05) is 28.9 Å². The highest BCUT2D eigenvalue weighted by Gasteiger charge is 2.27. The minimum atomic E-state index is -0.129. The van der Waals surface area contributed by atoms with E-state index in [0.717, 1.165) is 54.9 Å². The standard InChI is InChI=1S/C24H28N4O.ClH/c1-4-25-15-18-8-5-6-10-20(18)26-24(29)23-19-9-7-11-22(19)28(27-23)21-13-12-16(2)14-17(21)3;/h5-6,8,10,12-14,25H,4,7,9,11,15H2,1-3H3,(H,26,29);1H. The van der Waals surface area contributed by atoms with Crippen molar-refractivity contribution in [2.75, 3.05) is 11.9 Å². The minimum absolute atomic E-state index is 0. The Kier molecular flexibility index (Phi) is 6.95. The van der Waals surface area contributed by atoms with Crippen LogP contribution in [0.5, 0.6) is 0 Å². The van der Waals surface area contributed by atoms with Crippen LogP contribution >= 0.6 is 12.4 Å². The van der Waals surface area contributed by atoms with Crippen LogP contribution in [0.25, 0.3) is 5.69 Å². The van der Waals surface area contributed by atoms with Crippen LogP contribution in [-0.4, -0.2) is 22.2 Å². The largest absolute Gasteiger partial charge is 0.320 e. The maximum atomic E-state index is 13.2. The van der Waals surface area contributed by atoms with Crippen LogP contribution in [0.15, 0.2) is 42.5 Å². The van der Waals surface area contributed by atoms with Gasteiger partial charge >= 0.3 is 0 Å². The first kappa shape index (κ1) is 22.1. The normalized spacial score (nSPS) is 12.4. The molecule has 1 aliphatic carbocycles. The van der Waals surface area contributed by atoms with Gasteiger partial charge in [-0.05, 0) is 62.9 Å². The number of anilines is 1. The molecule has 0 atom stereocenters. The number of aromatic nitrogens is 2. The van der Waals surface area contributed by atoms with Gasteiger partial charge in [-0.15, -0.1) is 12.4 Å². The number of carbonyl (C=O) groups is 1. The summed E-state index contributed by atoms with van der Waals surface area (Å²) in [5.41, 5.74) is 8.18. The Labute approximate surface area is 184 Å². The molecule has 1 aromatic heterocycles. The summed E-state index contributed by atoms with van der Waals surface area (Å²) in [5, 5.41) is 11.2. The molecular formula is C24H29ClN4O. The molecule has 4 rings (SSSR count). The lowest BCUT2D eigenvalue weighted by Crippen LogP contribution is -2.18. The Morgan fingerprint density at radius 3 is 2.70 bits per heavy atom. The van der Waals surface area contributed by atoms with Crippen molar-refractivity contribution in [3.05, 3.63) is 76.1 Å². The lowest BCUT2D eigenvalue weighted by molar-refractivity contribution is 0.102. The fraction of sp³-hybridized carbons (Fsp3) is 0.333. The zero-order chi connectivity index (χ0) is 20.4. The Bertz CT molecular complexity index is 1060. The van der Waals surface area contributed by atoms with Gasteiger partial charge in [-0.1, -0.05) is 42.8 Å². The molecule has 0 fully saturated rings. The van der Waals surface area contributed by atoms with Gasteiger partial charge in [0.25, 0.3) is 5.91 Å². The smallest absolute Gasteiger partial charge is 0.276 e. The van der Waals surface area contributed by atoms with Crippen LogP contribution in [0.2, 0.25) is 0 Å². The molecule has 158 valence electrons. The predicted molar refractivity (Wildman–Crippen MR) is 124 cm³/mol. The van der Waals surface area contributed by atoms with E-state index < -0.39 is 0 Å². The maximum Gasteiger partial charge on any atom is 0.276 e. The third-order valence-corrected chi connectivity index (χ3v) is 5.56. The van der Waals surface area contributed by atoms with Gasteiger partial charge in [0.05, 0.1) is 5.69 Å². The van der Waals surface area contributed by atoms with Gasteiger partial charge in [-0.2, -0.15) is 5.10 Å².